The van der Waals surface area contributed by atoms with Gasteiger partial charge in [-0.2, -0.15) is 0 Å². The average molecular weight is 284 g/mol. The first-order valence-corrected chi connectivity index (χ1v) is 7.53. The van der Waals surface area contributed by atoms with E-state index in [1.807, 2.05) is 18.2 Å². The number of aryl methyl sites for hydroxylation is 1. The lowest BCUT2D eigenvalue weighted by atomic mass is 10.2. The standard InChI is InChI=1S/C15H16N4S/c1-2-3-12-14(9-16)20-15(19-12)10-4-5-11-13(8-10)18-7-6-17-11/h4-8H,2-3,9,16H2,1H3. The minimum Gasteiger partial charge on any atom is -0.326 e. The van der Waals surface area contributed by atoms with Gasteiger partial charge in [-0.1, -0.05) is 13.3 Å². The van der Waals surface area contributed by atoms with Gasteiger partial charge in [-0.25, -0.2) is 4.98 Å². The summed E-state index contributed by atoms with van der Waals surface area (Å²) in [5, 5.41) is 1.02. The Balaban J connectivity index is 2.05. The summed E-state index contributed by atoms with van der Waals surface area (Å²) < 4.78 is 0. The highest BCUT2D eigenvalue weighted by molar-refractivity contribution is 7.15. The summed E-state index contributed by atoms with van der Waals surface area (Å²) >= 11 is 1.68. The molecular formula is C15H16N4S. The summed E-state index contributed by atoms with van der Waals surface area (Å²) in [7, 11) is 0. The van der Waals surface area contributed by atoms with Gasteiger partial charge in [0.25, 0.3) is 0 Å². The maximum absolute atomic E-state index is 5.81. The molecule has 0 spiro atoms. The molecule has 0 saturated carbocycles. The lowest BCUT2D eigenvalue weighted by molar-refractivity contribution is 0.872. The van der Waals surface area contributed by atoms with Crippen LogP contribution in [0.5, 0.6) is 0 Å². The summed E-state index contributed by atoms with van der Waals surface area (Å²) in [6, 6.07) is 6.07. The number of nitrogens with zero attached hydrogens (tertiary/aromatic N) is 3. The van der Waals surface area contributed by atoms with Crippen molar-refractivity contribution in [2.75, 3.05) is 0 Å². The summed E-state index contributed by atoms with van der Waals surface area (Å²) in [5.74, 6) is 0. The predicted octanol–water partition coefficient (Wildman–Crippen LogP) is 3.16. The molecule has 0 amide bonds. The number of nitrogens with two attached hydrogens (primary N) is 1. The van der Waals surface area contributed by atoms with Crippen molar-refractivity contribution >= 4 is 22.4 Å². The third-order valence-corrected chi connectivity index (χ3v) is 4.34. The number of aromatic nitrogens is 3. The van der Waals surface area contributed by atoms with Crippen LogP contribution in [-0.2, 0) is 13.0 Å². The van der Waals surface area contributed by atoms with Crippen LogP contribution in [0, 0.1) is 0 Å². The number of rotatable bonds is 4. The summed E-state index contributed by atoms with van der Waals surface area (Å²) in [5.41, 5.74) is 9.83. The van der Waals surface area contributed by atoms with Crippen molar-refractivity contribution in [3.05, 3.63) is 41.2 Å². The van der Waals surface area contributed by atoms with E-state index >= 15 is 0 Å². The van der Waals surface area contributed by atoms with Gasteiger partial charge in [-0.3, -0.25) is 9.97 Å². The molecule has 20 heavy (non-hydrogen) atoms. The summed E-state index contributed by atoms with van der Waals surface area (Å²) in [4.78, 5) is 14.5. The van der Waals surface area contributed by atoms with E-state index in [1.165, 1.54) is 4.88 Å². The molecule has 2 heterocycles. The molecule has 0 fully saturated rings. The number of hydrogen-bond donors (Lipinski definition) is 1. The molecule has 1 aromatic carbocycles. The number of hydrogen-bond acceptors (Lipinski definition) is 5. The van der Waals surface area contributed by atoms with E-state index in [2.05, 4.69) is 16.9 Å². The molecule has 0 aliphatic rings. The summed E-state index contributed by atoms with van der Waals surface area (Å²) in [6.45, 7) is 2.71. The number of thiazole rings is 1. The van der Waals surface area contributed by atoms with Crippen LogP contribution in [0.4, 0.5) is 0 Å². The first-order chi connectivity index (χ1) is 9.81. The van der Waals surface area contributed by atoms with E-state index < -0.39 is 0 Å². The Labute approximate surface area is 121 Å². The van der Waals surface area contributed by atoms with Crippen LogP contribution in [0.3, 0.4) is 0 Å². The van der Waals surface area contributed by atoms with E-state index in [4.69, 9.17) is 10.7 Å². The zero-order valence-corrected chi connectivity index (χ0v) is 12.2. The molecule has 3 rings (SSSR count). The predicted molar refractivity (Wildman–Crippen MR) is 82.5 cm³/mol. The van der Waals surface area contributed by atoms with Crippen LogP contribution in [0.1, 0.15) is 23.9 Å². The molecule has 0 bridgehead atoms. The molecule has 0 aliphatic carbocycles. The topological polar surface area (TPSA) is 64.7 Å². The van der Waals surface area contributed by atoms with E-state index in [-0.39, 0.29) is 0 Å². The second-order valence-corrected chi connectivity index (χ2v) is 5.69. The molecule has 2 aromatic heterocycles. The van der Waals surface area contributed by atoms with Gasteiger partial charge in [-0.15, -0.1) is 11.3 Å². The minimum absolute atomic E-state index is 0.556. The molecule has 102 valence electrons. The SMILES string of the molecule is CCCc1nc(-c2ccc3nccnc3c2)sc1CN. The van der Waals surface area contributed by atoms with E-state index in [9.17, 15) is 0 Å². The second kappa shape index (κ2) is 5.64. The molecule has 0 unspecified atom stereocenters. The van der Waals surface area contributed by atoms with Crippen LogP contribution in [-0.4, -0.2) is 15.0 Å². The Bertz CT molecular complexity index is 736. The minimum atomic E-state index is 0.556. The molecule has 5 heteroatoms. The van der Waals surface area contributed by atoms with E-state index in [0.717, 1.165) is 40.1 Å². The number of fused-ring (bicyclic) bond motifs is 1. The van der Waals surface area contributed by atoms with Crippen molar-refractivity contribution < 1.29 is 0 Å². The highest BCUT2D eigenvalue weighted by Gasteiger charge is 2.11. The molecule has 0 saturated heterocycles. The Morgan fingerprint density at radius 3 is 2.70 bits per heavy atom. The third-order valence-electron chi connectivity index (χ3n) is 3.17. The second-order valence-electron chi connectivity index (χ2n) is 4.60. The van der Waals surface area contributed by atoms with Gasteiger partial charge >= 0.3 is 0 Å². The highest BCUT2D eigenvalue weighted by Crippen LogP contribution is 2.30. The van der Waals surface area contributed by atoms with Gasteiger partial charge in [0, 0.05) is 29.4 Å². The van der Waals surface area contributed by atoms with Crippen molar-refractivity contribution in [3.63, 3.8) is 0 Å². The normalized spacial score (nSPS) is 11.1. The molecule has 4 nitrogen and oxygen atoms in total. The number of benzene rings is 1. The monoisotopic (exact) mass is 284 g/mol. The fourth-order valence-electron chi connectivity index (χ4n) is 2.19. The average Bonchev–Trinajstić information content (AvgIpc) is 2.90. The lowest BCUT2D eigenvalue weighted by Crippen LogP contribution is -1.97. The molecule has 0 aliphatic heterocycles. The van der Waals surface area contributed by atoms with Crippen molar-refractivity contribution in [2.24, 2.45) is 5.73 Å². The van der Waals surface area contributed by atoms with Crippen LogP contribution in [0.2, 0.25) is 0 Å². The van der Waals surface area contributed by atoms with Crippen molar-refractivity contribution in [1.29, 1.82) is 0 Å². The third kappa shape index (κ3) is 2.42. The first kappa shape index (κ1) is 13.1. The van der Waals surface area contributed by atoms with Gasteiger partial charge in [-0.05, 0) is 24.6 Å². The zero-order valence-electron chi connectivity index (χ0n) is 11.3. The Morgan fingerprint density at radius 2 is 1.95 bits per heavy atom. The van der Waals surface area contributed by atoms with Gasteiger partial charge < -0.3 is 5.73 Å². The maximum atomic E-state index is 5.81. The van der Waals surface area contributed by atoms with Gasteiger partial charge in [0.15, 0.2) is 0 Å². The quantitative estimate of drug-likeness (QED) is 0.799. The maximum Gasteiger partial charge on any atom is 0.123 e. The highest BCUT2D eigenvalue weighted by atomic mass is 32.1. The smallest absolute Gasteiger partial charge is 0.123 e. The lowest BCUT2D eigenvalue weighted by Gasteiger charge is -1.99. The van der Waals surface area contributed by atoms with Crippen LogP contribution >= 0.6 is 11.3 Å². The van der Waals surface area contributed by atoms with Gasteiger partial charge in [0.1, 0.15) is 5.01 Å². The van der Waals surface area contributed by atoms with Crippen LogP contribution < -0.4 is 5.73 Å². The van der Waals surface area contributed by atoms with E-state index in [0.29, 0.717) is 6.54 Å². The molecule has 2 N–H and O–H groups in total. The van der Waals surface area contributed by atoms with Gasteiger partial charge in [0.2, 0.25) is 0 Å². The molecule has 3 aromatic rings. The fourth-order valence-corrected chi connectivity index (χ4v) is 3.18. The Morgan fingerprint density at radius 1 is 1.15 bits per heavy atom. The van der Waals surface area contributed by atoms with Crippen molar-refractivity contribution in [2.45, 2.75) is 26.3 Å². The van der Waals surface area contributed by atoms with Crippen molar-refractivity contribution in [3.8, 4) is 10.6 Å². The van der Waals surface area contributed by atoms with Crippen molar-refractivity contribution in [1.82, 2.24) is 15.0 Å². The Hall–Kier alpha value is -1.85. The van der Waals surface area contributed by atoms with Crippen LogP contribution in [0.15, 0.2) is 30.6 Å². The van der Waals surface area contributed by atoms with Crippen LogP contribution in [0.25, 0.3) is 21.6 Å². The largest absolute Gasteiger partial charge is 0.326 e. The first-order valence-electron chi connectivity index (χ1n) is 6.71. The molecular weight excluding hydrogens is 268 g/mol. The van der Waals surface area contributed by atoms with Gasteiger partial charge in [0.05, 0.1) is 16.7 Å². The van der Waals surface area contributed by atoms with E-state index in [1.54, 1.807) is 23.7 Å². The summed E-state index contributed by atoms with van der Waals surface area (Å²) in [6.07, 6.45) is 5.48. The fraction of sp³-hybridized carbons (Fsp3) is 0.267. The Kier molecular flexibility index (Phi) is 3.71. The zero-order chi connectivity index (χ0) is 13.9. The molecule has 0 radical (unpaired) electrons. The molecule has 0 atom stereocenters.